The zero-order valence-corrected chi connectivity index (χ0v) is 90.9. The molecule has 1 fully saturated rings. The van der Waals surface area contributed by atoms with Gasteiger partial charge in [-0.1, -0.05) is 207 Å². The Labute approximate surface area is 909 Å². The summed E-state index contributed by atoms with van der Waals surface area (Å²) in [4.78, 5) is 132. The van der Waals surface area contributed by atoms with E-state index in [0.29, 0.717) is 82.5 Å². The minimum atomic E-state index is -3.13. The number of rotatable bonds is 33. The summed E-state index contributed by atoms with van der Waals surface area (Å²) in [7, 11) is 0.583. The van der Waals surface area contributed by atoms with Crippen LogP contribution >= 0.6 is 67.2 Å². The van der Waals surface area contributed by atoms with E-state index >= 15 is 0 Å². The molecule has 10 heterocycles. The molecule has 1 saturated heterocycles. The van der Waals surface area contributed by atoms with Crippen LogP contribution in [0.1, 0.15) is 135 Å². The SMILES string of the molecule is CC1(C)OB(C2=CCOCC2)OC1(C)C.COC(=O)c1cnc[nH]1.COC(=O)c1cncn1CC(=O)COCc1ccccc1.COC(=O)c1cncn1N.II.NC(=O)c1cncn1CC(=O)COCc1ccccc1.NOP(=O)(c1ccccc1)c1ccccc1.O=C(O)COCc1ccccc1.O=c1[nH]c(COCc2ccccc2)nn2c(I)ncc12.O=c1[nH]c(COCc2ccccc2)nn2cncc12.[CH2-]CCC.[Li+]. The molecule has 0 unspecified atom stereocenters. The van der Waals surface area contributed by atoms with E-state index in [1.807, 2.05) is 211 Å². The maximum absolute atomic E-state index is 12.6. The van der Waals surface area contributed by atoms with Crippen molar-refractivity contribution in [1.29, 1.82) is 0 Å². The Balaban J connectivity index is 0.000000256. The van der Waals surface area contributed by atoms with Crippen molar-refractivity contribution in [2.24, 2.45) is 11.6 Å². The number of ether oxygens (including phenoxy) is 9. The fraction of sp³-hybridized carbons (Fsp3) is 0.267. The second-order valence-electron chi connectivity index (χ2n) is 31.9. The molecule has 0 spiro atoms. The number of primary amides is 1. The first-order chi connectivity index (χ1) is 71.4. The number of imidazole rings is 6. The summed E-state index contributed by atoms with van der Waals surface area (Å²) in [5.74, 6) is 8.19. The van der Waals surface area contributed by atoms with Crippen molar-refractivity contribution in [1.82, 2.24) is 77.9 Å². The number of esters is 3. The summed E-state index contributed by atoms with van der Waals surface area (Å²) in [6.07, 6.45) is 20.7. The van der Waals surface area contributed by atoms with Gasteiger partial charge in [0.2, 0.25) is 0 Å². The van der Waals surface area contributed by atoms with Crippen molar-refractivity contribution in [3.05, 3.63) is 386 Å². The average molecular weight is 2390 g/mol. The van der Waals surface area contributed by atoms with Crippen molar-refractivity contribution in [2.75, 3.05) is 60.2 Å². The number of aliphatic carboxylic acids is 1. The zero-order chi connectivity index (χ0) is 107. The number of Topliss-reactive ketones (excluding diaryl/α,β-unsaturated/α-hetero) is 2. The number of hydrogen-bond donors (Lipinski definition) is 7. The summed E-state index contributed by atoms with van der Waals surface area (Å²) in [5.41, 5.74) is 12.5. The molecule has 8 aromatic heterocycles. The Morgan fingerprint density at radius 2 is 0.913 bits per heavy atom. The molecule has 10 N–H and O–H groups in total. The number of nitrogens with one attached hydrogen (secondary N) is 3. The van der Waals surface area contributed by atoms with Crippen LogP contribution in [-0.4, -0.2) is 197 Å². The van der Waals surface area contributed by atoms with Crippen LogP contribution < -0.4 is 58.1 Å². The number of hydrogen-bond acceptors (Lipinski definition) is 32. The standard InChI is InChI=1S/C15H16N2O4.C14H15N3O3.C13H11IN4O2.C13H12N4O2.C12H12NO2P.C11H19BO3.C9H10O3.C5H7N3O2.C5H6N2O2.C4H9.I2.Li/c1-20-15(19)14-7-16-11-17(14)8-13(18)10-21-9-12-5-3-2-4-6-12;15-14(19)13-6-16-10-17(13)7-12(18)9-20-8-11-4-2-1-3-5-11;14-13-15-6-10-12(19)16-11(17-18(10)13)8-20-7-9-4-2-1-3-5-9;18-13-11-6-14-9-17(11)16-12(15-13)8-19-7-10-4-2-1-3-5-10;13-15-16(14,11-7-3-1-4-8-11)12-9-5-2-6-10-12;1-10(2)11(3,4)15-12(14-10)9-5-7-13-8-6-9;10-9(11)7-12-6-8-4-2-1-3-5-8;1-10-5(9)4-2-7-3-8(4)6;1-9-5(8)4-2-6-3-7-4;1-3-4-2;1-2;/h2-7,11H,8-10H2,1H3;1-6,10H,7-9H2,(H2,15,19);1-6H,7-8H2,(H,16,17,19);1-6,9H,7-8H2,(H,15,16,18);1-10H,13H2;5H,6-8H2,1-4H3;1-5H,6-7H2,(H,10,11);2-3H,6H2,1H3;2-3H,1H3,(H,6,7);1,3-4H2,2H3;;/q;;;;;;;;;-1;;+1. The molecule has 0 aliphatic carbocycles. The van der Waals surface area contributed by atoms with Gasteiger partial charge in [-0.15, -0.1) is 5.10 Å². The summed E-state index contributed by atoms with van der Waals surface area (Å²) >= 11 is 6.27. The van der Waals surface area contributed by atoms with Crippen molar-refractivity contribution < 1.29 is 119 Å². The number of carbonyl (C=O) groups is 7. The van der Waals surface area contributed by atoms with Gasteiger partial charge < -0.3 is 99.6 Å². The number of nitrogen functional groups attached to an aromatic ring is 1. The van der Waals surface area contributed by atoms with Gasteiger partial charge in [-0.25, -0.2) is 73.3 Å². The number of carboxylic acid groups (broad SMARTS) is 1. The number of nitrogens with two attached hydrogens (primary N) is 3. The molecule has 17 rings (SSSR count). The number of carbonyl (C=O) groups excluding carboxylic acids is 6. The number of amides is 1. The van der Waals surface area contributed by atoms with Gasteiger partial charge in [0.05, 0.1) is 148 Å². The molecule has 7 aromatic carbocycles. The number of methoxy groups -OCH3 is 3. The Kier molecular flexibility index (Phi) is 57.4. The van der Waals surface area contributed by atoms with Crippen molar-refractivity contribution >= 4 is 137 Å². The molecule has 149 heavy (non-hydrogen) atoms. The van der Waals surface area contributed by atoms with E-state index in [4.69, 9.17) is 64.9 Å². The second-order valence-corrected chi connectivity index (χ2v) is 35.2. The molecule has 48 heteroatoms. The van der Waals surface area contributed by atoms with Crippen LogP contribution in [-0.2, 0) is 135 Å². The molecule has 2 aliphatic rings. The van der Waals surface area contributed by atoms with E-state index in [2.05, 4.69) is 154 Å². The molecule has 42 nitrogen and oxygen atoms in total. The number of aromatic nitrogens is 16. The van der Waals surface area contributed by atoms with Gasteiger partial charge in [-0.2, -0.15) is 11.5 Å². The van der Waals surface area contributed by atoms with Gasteiger partial charge in [0.25, 0.3) is 24.4 Å². The molecule has 0 radical (unpaired) electrons. The van der Waals surface area contributed by atoms with Gasteiger partial charge in [0.15, 0.2) is 38.3 Å². The van der Waals surface area contributed by atoms with Gasteiger partial charge in [0.1, 0.15) is 68.3 Å². The minimum Gasteiger partial charge on any atom is -0.480 e. The number of ketones is 2. The molecule has 1 amide bonds. The summed E-state index contributed by atoms with van der Waals surface area (Å²) in [6, 6.07) is 66.2. The number of nitrogens with zero attached hydrogens (tertiary/aromatic N) is 13. The van der Waals surface area contributed by atoms with Crippen LogP contribution in [0.3, 0.4) is 0 Å². The van der Waals surface area contributed by atoms with E-state index in [1.165, 1.54) is 120 Å². The molecule has 15 aromatic rings. The minimum absolute atomic E-state index is 0. The van der Waals surface area contributed by atoms with Crippen molar-refractivity contribution in [3.8, 4) is 0 Å². The Bertz CT molecular complexity index is 6620. The molecular formula is C101H117BI3LiN19O23P. The third-order valence-electron chi connectivity index (χ3n) is 20.5. The van der Waals surface area contributed by atoms with E-state index in [9.17, 15) is 47.7 Å². The monoisotopic (exact) mass is 2390 g/mol. The first-order valence-corrected chi connectivity index (χ1v) is 54.3. The number of unbranched alkanes of at least 4 members (excludes halogenated alkanes) is 1. The molecule has 0 bridgehead atoms. The summed E-state index contributed by atoms with van der Waals surface area (Å²) in [5, 5.41) is 18.0. The maximum atomic E-state index is 12.6. The second kappa shape index (κ2) is 68.6. The average Bonchev–Trinajstić information content (AvgIpc) is 1.62. The van der Waals surface area contributed by atoms with Crippen LogP contribution in [0.5, 0.6) is 0 Å². The number of H-pyrrole nitrogens is 3. The third-order valence-corrected chi connectivity index (χ3v) is 23.5. The van der Waals surface area contributed by atoms with E-state index in [-0.39, 0.29) is 123 Å². The zero-order valence-electron chi connectivity index (χ0n) is 83.5. The molecule has 784 valence electrons. The smallest absolute Gasteiger partial charge is 0.480 e. The van der Waals surface area contributed by atoms with Gasteiger partial charge >= 0.3 is 49.9 Å². The fourth-order valence-electron chi connectivity index (χ4n) is 12.3. The van der Waals surface area contributed by atoms with Crippen LogP contribution in [0.4, 0.5) is 0 Å². The Morgan fingerprint density at radius 1 is 0.517 bits per heavy atom. The summed E-state index contributed by atoms with van der Waals surface area (Å²) in [6.45, 7) is 17.8. The van der Waals surface area contributed by atoms with Crippen LogP contribution in [0, 0.1) is 10.8 Å². The number of benzene rings is 7. The normalized spacial score (nSPS) is 12.1. The molecule has 0 saturated carbocycles. The number of carboxylic acids is 1. The van der Waals surface area contributed by atoms with E-state index in [0.717, 1.165) is 51.9 Å². The topological polar surface area (TPSA) is 554 Å². The summed E-state index contributed by atoms with van der Waals surface area (Å²) < 4.78 is 82.2. The first-order valence-electron chi connectivity index (χ1n) is 45.3. The van der Waals surface area contributed by atoms with Gasteiger partial charge in [0, 0.05) is 70.4 Å². The van der Waals surface area contributed by atoms with E-state index in [1.54, 1.807) is 24.3 Å². The number of aromatic amines is 3. The Morgan fingerprint density at radius 3 is 1.31 bits per heavy atom. The van der Waals surface area contributed by atoms with Crippen LogP contribution in [0.15, 0.2) is 302 Å². The quantitative estimate of drug-likeness (QED) is 0.00294. The largest absolute Gasteiger partial charge is 1.00 e. The first kappa shape index (κ1) is 125. The van der Waals surface area contributed by atoms with Crippen LogP contribution in [0.2, 0.25) is 0 Å². The fourth-order valence-corrected chi connectivity index (χ4v) is 14.5. The Hall–Kier alpha value is -13.0. The van der Waals surface area contributed by atoms with Gasteiger partial charge in [-0.3, -0.25) is 28.5 Å². The molecule has 0 atom stereocenters. The maximum Gasteiger partial charge on any atom is 1.00 e. The predicted octanol–water partition coefficient (Wildman–Crippen LogP) is 10.1. The number of fused-ring (bicyclic) bond motifs is 2. The van der Waals surface area contributed by atoms with Gasteiger partial charge in [-0.05, 0) is 91.7 Å². The third kappa shape index (κ3) is 43.6. The predicted molar refractivity (Wildman–Crippen MR) is 577 cm³/mol. The number of halogens is 3. The molecule has 2 aliphatic heterocycles. The molecular weight excluding hydrogens is 2280 g/mol. The van der Waals surface area contributed by atoms with Crippen molar-refractivity contribution in [2.45, 2.75) is 124 Å². The van der Waals surface area contributed by atoms with Crippen LogP contribution in [0.25, 0.3) is 11.0 Å². The van der Waals surface area contributed by atoms with E-state index < -0.39 is 37.2 Å². The van der Waals surface area contributed by atoms with Crippen molar-refractivity contribution in [3.63, 3.8) is 0 Å².